The first-order chi connectivity index (χ1) is 17.0. The Hall–Kier alpha value is -2.86. The Labute approximate surface area is 208 Å². The van der Waals surface area contributed by atoms with Gasteiger partial charge < -0.3 is 29.9 Å². The van der Waals surface area contributed by atoms with Gasteiger partial charge in [0.15, 0.2) is 18.5 Å². The zero-order valence-electron chi connectivity index (χ0n) is 20.1. The molecule has 6 atom stereocenters. The van der Waals surface area contributed by atoms with E-state index >= 15 is 0 Å². The summed E-state index contributed by atoms with van der Waals surface area (Å²) in [6.45, 7) is 4.34. The summed E-state index contributed by atoms with van der Waals surface area (Å²) in [4.78, 5) is 23.8. The third-order valence-electron chi connectivity index (χ3n) is 5.17. The zero-order chi connectivity index (χ0) is 26.5. The Morgan fingerprint density at radius 1 is 1.14 bits per heavy atom. The van der Waals surface area contributed by atoms with Gasteiger partial charge in [-0.2, -0.15) is 9.65 Å². The fourth-order valence-electron chi connectivity index (χ4n) is 3.42. The van der Waals surface area contributed by atoms with Crippen molar-refractivity contribution in [1.82, 2.24) is 5.09 Å². The number of rotatable bonds is 11. The molecule has 2 aromatic rings. The summed E-state index contributed by atoms with van der Waals surface area (Å²) in [7, 11) is -4.20. The number of nitrogens with zero attached hydrogens (tertiary/aromatic N) is 1. The number of pyridine rings is 1. The number of hydrogen-bond donors (Lipinski definition) is 4. The summed E-state index contributed by atoms with van der Waals surface area (Å²) in [6.07, 6.45) is -2.50. The van der Waals surface area contributed by atoms with Crippen LogP contribution < -0.4 is 19.9 Å². The highest BCUT2D eigenvalue weighted by atomic mass is 31.2. The lowest BCUT2D eigenvalue weighted by molar-refractivity contribution is -0.765. The Morgan fingerprint density at radius 3 is 2.47 bits per heavy atom. The monoisotopic (exact) mass is 524 g/mol. The third-order valence-corrected chi connectivity index (χ3v) is 6.82. The molecular weight excluding hydrogens is 493 g/mol. The number of amides is 1. The van der Waals surface area contributed by atoms with Crippen LogP contribution in [0.2, 0.25) is 0 Å². The van der Waals surface area contributed by atoms with Crippen LogP contribution in [0.25, 0.3) is 0 Å². The van der Waals surface area contributed by atoms with Crippen molar-refractivity contribution in [2.24, 2.45) is 5.73 Å². The maximum Gasteiger partial charge on any atom is 0.459 e. The number of carbonyl (C=O) groups is 2. The van der Waals surface area contributed by atoms with Gasteiger partial charge in [0.25, 0.3) is 12.1 Å². The number of benzene rings is 1. The second kappa shape index (κ2) is 11.9. The van der Waals surface area contributed by atoms with Gasteiger partial charge >= 0.3 is 13.7 Å². The van der Waals surface area contributed by atoms with E-state index in [4.69, 9.17) is 24.3 Å². The first-order valence-electron chi connectivity index (χ1n) is 11.3. The summed E-state index contributed by atoms with van der Waals surface area (Å²) in [5.41, 5.74) is 5.48. The Morgan fingerprint density at radius 2 is 1.83 bits per heavy atom. The summed E-state index contributed by atoms with van der Waals surface area (Å²) in [6, 6.07) is 10.2. The van der Waals surface area contributed by atoms with Crippen molar-refractivity contribution in [1.29, 1.82) is 0 Å². The van der Waals surface area contributed by atoms with Crippen LogP contribution in [0.3, 0.4) is 0 Å². The number of aliphatic hydroxyl groups is 2. The van der Waals surface area contributed by atoms with Gasteiger partial charge in [-0.1, -0.05) is 18.2 Å². The first kappa shape index (κ1) is 27.7. The molecule has 2 heterocycles. The molecule has 196 valence electrons. The SMILES string of the molecule is CC(C)OC(=O)[C@H](C)N[P@](=O)(OC[C@H]1O[C@@H]([n+]2cccc(C(N)=O)c2)C(O)C1O)Oc1ccccc1. The van der Waals surface area contributed by atoms with E-state index in [0.717, 1.165) is 0 Å². The number of primary amides is 1. The van der Waals surface area contributed by atoms with Crippen LogP contribution in [0.5, 0.6) is 5.75 Å². The number of para-hydroxylation sites is 1. The number of esters is 1. The third kappa shape index (κ3) is 7.10. The topological polar surface area (TPSA) is 171 Å². The second-order valence-corrected chi connectivity index (χ2v) is 10.2. The van der Waals surface area contributed by atoms with E-state index in [2.05, 4.69) is 5.09 Å². The fraction of sp³-hybridized carbons (Fsp3) is 0.435. The lowest BCUT2D eigenvalue weighted by Gasteiger charge is -2.24. The summed E-state index contributed by atoms with van der Waals surface area (Å²) in [5.74, 6) is -1.13. The Bertz CT molecular complexity index is 1100. The zero-order valence-corrected chi connectivity index (χ0v) is 21.0. The molecule has 1 aromatic heterocycles. The molecule has 1 aliphatic heterocycles. The molecule has 36 heavy (non-hydrogen) atoms. The molecule has 1 aliphatic rings. The molecule has 1 saturated heterocycles. The molecule has 1 aromatic carbocycles. The molecule has 0 saturated carbocycles. The van der Waals surface area contributed by atoms with Crippen LogP contribution in [0.4, 0.5) is 0 Å². The molecule has 1 amide bonds. The largest absolute Gasteiger partial charge is 0.462 e. The molecule has 2 unspecified atom stereocenters. The standard InChI is InChI=1S/C23H30N3O9P/c1-14(2)33-23(30)15(3)25-36(31,35-17-9-5-4-6-10-17)32-13-18-19(27)20(28)22(34-18)26-11-7-8-16(12-26)21(24)29/h4-12,14-15,18-20,22,27-28H,13H2,1-3H3,(H2-,24,25,29,31)/p+1/t15-,18+,19?,20?,22+,36-/m0/s1. The van der Waals surface area contributed by atoms with Crippen molar-refractivity contribution in [3.63, 3.8) is 0 Å². The van der Waals surface area contributed by atoms with Gasteiger partial charge in [0.05, 0.1) is 12.7 Å². The van der Waals surface area contributed by atoms with Gasteiger partial charge in [-0.3, -0.25) is 14.1 Å². The molecule has 1 fully saturated rings. The van der Waals surface area contributed by atoms with Crippen LogP contribution in [-0.4, -0.2) is 59.2 Å². The predicted octanol–water partition coefficient (Wildman–Crippen LogP) is 0.826. The van der Waals surface area contributed by atoms with Crippen molar-refractivity contribution in [2.75, 3.05) is 6.61 Å². The van der Waals surface area contributed by atoms with Crippen molar-refractivity contribution in [3.8, 4) is 5.75 Å². The summed E-state index contributed by atoms with van der Waals surface area (Å²) >= 11 is 0. The van der Waals surface area contributed by atoms with E-state index in [9.17, 15) is 24.4 Å². The van der Waals surface area contributed by atoms with Crippen LogP contribution in [0, 0.1) is 0 Å². The molecule has 13 heteroatoms. The highest BCUT2D eigenvalue weighted by Crippen LogP contribution is 2.45. The number of aliphatic hydroxyl groups excluding tert-OH is 2. The first-order valence-corrected chi connectivity index (χ1v) is 12.8. The minimum Gasteiger partial charge on any atom is -0.462 e. The molecular formula is C23H31N3O9P+. The highest BCUT2D eigenvalue weighted by molar-refractivity contribution is 7.52. The number of nitrogens with two attached hydrogens (primary N) is 1. The quantitative estimate of drug-likeness (QED) is 0.187. The minimum absolute atomic E-state index is 0.176. The summed E-state index contributed by atoms with van der Waals surface area (Å²) < 4.78 is 37.0. The van der Waals surface area contributed by atoms with Gasteiger partial charge in [0, 0.05) is 6.07 Å². The van der Waals surface area contributed by atoms with Crippen molar-refractivity contribution >= 4 is 19.6 Å². The maximum atomic E-state index is 13.6. The van der Waals surface area contributed by atoms with Crippen molar-refractivity contribution in [3.05, 3.63) is 60.4 Å². The van der Waals surface area contributed by atoms with Crippen LogP contribution in [-0.2, 0) is 23.4 Å². The van der Waals surface area contributed by atoms with E-state index in [1.807, 2.05) is 0 Å². The maximum absolute atomic E-state index is 13.6. The van der Waals surface area contributed by atoms with Gasteiger partial charge in [0.2, 0.25) is 0 Å². The van der Waals surface area contributed by atoms with Crippen LogP contribution in [0.15, 0.2) is 54.9 Å². The van der Waals surface area contributed by atoms with Crippen LogP contribution in [0.1, 0.15) is 37.4 Å². The number of hydrogen-bond acceptors (Lipinski definition) is 9. The minimum atomic E-state index is -4.20. The van der Waals surface area contributed by atoms with E-state index in [-0.39, 0.29) is 17.4 Å². The predicted molar refractivity (Wildman–Crippen MR) is 126 cm³/mol. The van der Waals surface area contributed by atoms with E-state index in [0.29, 0.717) is 0 Å². The van der Waals surface area contributed by atoms with Gasteiger partial charge in [-0.15, -0.1) is 0 Å². The average molecular weight is 524 g/mol. The highest BCUT2D eigenvalue weighted by Gasteiger charge is 2.49. The summed E-state index contributed by atoms with van der Waals surface area (Å²) in [5, 5.41) is 23.6. The molecule has 12 nitrogen and oxygen atoms in total. The molecule has 0 aliphatic carbocycles. The van der Waals surface area contributed by atoms with Crippen LogP contribution >= 0.6 is 7.75 Å². The lowest BCUT2D eigenvalue weighted by Crippen LogP contribution is -2.46. The van der Waals surface area contributed by atoms with E-state index < -0.39 is 56.8 Å². The normalized spacial score (nSPS) is 24.2. The number of ether oxygens (including phenoxy) is 2. The molecule has 0 spiro atoms. The molecule has 3 rings (SSSR count). The average Bonchev–Trinajstić information content (AvgIpc) is 3.11. The lowest BCUT2D eigenvalue weighted by atomic mass is 10.1. The number of nitrogens with one attached hydrogen (secondary N) is 1. The Kier molecular flexibility index (Phi) is 9.18. The second-order valence-electron chi connectivity index (χ2n) is 8.48. The van der Waals surface area contributed by atoms with Crippen molar-refractivity contribution < 1.29 is 47.5 Å². The molecule has 0 radical (unpaired) electrons. The van der Waals surface area contributed by atoms with Gasteiger partial charge in [-0.05, 0) is 39.0 Å². The molecule has 5 N–H and O–H groups in total. The number of aromatic nitrogens is 1. The Balaban J connectivity index is 1.74. The van der Waals surface area contributed by atoms with E-state index in [1.54, 1.807) is 44.2 Å². The molecule has 0 bridgehead atoms. The van der Waals surface area contributed by atoms with E-state index in [1.165, 1.54) is 36.0 Å². The van der Waals surface area contributed by atoms with Gasteiger partial charge in [0.1, 0.15) is 29.6 Å². The van der Waals surface area contributed by atoms with Crippen molar-refractivity contribution in [2.45, 2.75) is 57.5 Å². The van der Waals surface area contributed by atoms with Gasteiger partial charge in [-0.25, -0.2) is 4.57 Å². The smallest absolute Gasteiger partial charge is 0.459 e. The fourth-order valence-corrected chi connectivity index (χ4v) is 4.92. The number of carbonyl (C=O) groups excluding carboxylic acids is 2.